The Labute approximate surface area is 101 Å². The van der Waals surface area contributed by atoms with Gasteiger partial charge in [0.25, 0.3) is 0 Å². The van der Waals surface area contributed by atoms with Crippen molar-refractivity contribution < 1.29 is 14.5 Å². The van der Waals surface area contributed by atoms with Crippen LogP contribution in [0.4, 0.5) is 0 Å². The van der Waals surface area contributed by atoms with E-state index in [4.69, 9.17) is 9.62 Å². The van der Waals surface area contributed by atoms with Gasteiger partial charge in [0.15, 0.2) is 0 Å². The van der Waals surface area contributed by atoms with Gasteiger partial charge in [0.1, 0.15) is 12.9 Å². The van der Waals surface area contributed by atoms with E-state index in [2.05, 4.69) is 15.2 Å². The summed E-state index contributed by atoms with van der Waals surface area (Å²) in [4.78, 5) is 9.48. The summed E-state index contributed by atoms with van der Waals surface area (Å²) in [5.74, 6) is 0. The first-order valence-electron chi connectivity index (χ1n) is 5.73. The fourth-order valence-corrected chi connectivity index (χ4v) is 1.11. The second-order valence-electron chi connectivity index (χ2n) is 3.33. The first-order chi connectivity index (χ1) is 8.36. The molecule has 0 spiro atoms. The molecule has 0 aliphatic carbocycles. The molecule has 6 heteroatoms. The van der Waals surface area contributed by atoms with Crippen molar-refractivity contribution in [2.45, 2.75) is 26.8 Å². The topological polar surface area (TPSA) is 58.4 Å². The SMILES string of the molecule is C/C=C\OOCCOCCn1cc(CC)nn1. The largest absolute Gasteiger partial charge is 0.377 e. The van der Waals surface area contributed by atoms with Crippen molar-refractivity contribution in [3.05, 3.63) is 24.2 Å². The standard InChI is InChI=1S/C11H19N3O3/c1-3-6-16-17-9-8-15-7-5-14-10-11(4-2)12-13-14/h3,6,10H,4-5,7-9H2,1-2H3/b6-3-. The predicted molar refractivity (Wildman–Crippen MR) is 62.1 cm³/mol. The number of hydrogen-bond donors (Lipinski definition) is 0. The lowest BCUT2D eigenvalue weighted by Crippen LogP contribution is -2.10. The van der Waals surface area contributed by atoms with E-state index >= 15 is 0 Å². The Balaban J connectivity index is 1.97. The minimum atomic E-state index is 0.405. The maximum absolute atomic E-state index is 5.34. The second-order valence-corrected chi connectivity index (χ2v) is 3.33. The van der Waals surface area contributed by atoms with Crippen molar-refractivity contribution in [2.75, 3.05) is 19.8 Å². The minimum absolute atomic E-state index is 0.405. The molecular weight excluding hydrogens is 222 g/mol. The quantitative estimate of drug-likeness (QED) is 0.282. The van der Waals surface area contributed by atoms with Crippen LogP contribution in [0.25, 0.3) is 0 Å². The molecule has 0 fully saturated rings. The number of nitrogens with zero attached hydrogens (tertiary/aromatic N) is 3. The third-order valence-electron chi connectivity index (χ3n) is 1.98. The van der Waals surface area contributed by atoms with Gasteiger partial charge in [-0.25, -0.2) is 4.68 Å². The van der Waals surface area contributed by atoms with Crippen LogP contribution in [0.3, 0.4) is 0 Å². The van der Waals surface area contributed by atoms with Gasteiger partial charge in [-0.15, -0.1) is 5.10 Å². The lowest BCUT2D eigenvalue weighted by Gasteiger charge is -2.03. The van der Waals surface area contributed by atoms with Crippen LogP contribution in [0.1, 0.15) is 19.5 Å². The van der Waals surface area contributed by atoms with Crippen molar-refractivity contribution in [1.82, 2.24) is 15.0 Å². The second kappa shape index (κ2) is 8.72. The van der Waals surface area contributed by atoms with Gasteiger partial charge < -0.3 is 9.62 Å². The van der Waals surface area contributed by atoms with E-state index in [0.29, 0.717) is 26.4 Å². The molecule has 0 aliphatic rings. The van der Waals surface area contributed by atoms with Crippen LogP contribution in [-0.4, -0.2) is 34.8 Å². The van der Waals surface area contributed by atoms with Gasteiger partial charge in [-0.3, -0.25) is 0 Å². The third kappa shape index (κ3) is 6.03. The van der Waals surface area contributed by atoms with Gasteiger partial charge >= 0.3 is 0 Å². The monoisotopic (exact) mass is 241 g/mol. The number of allylic oxidation sites excluding steroid dienone is 1. The molecule has 0 bridgehead atoms. The Bertz CT molecular complexity index is 326. The van der Waals surface area contributed by atoms with Crippen LogP contribution in [0.5, 0.6) is 0 Å². The first-order valence-corrected chi connectivity index (χ1v) is 5.73. The van der Waals surface area contributed by atoms with Crippen LogP contribution in [0, 0.1) is 0 Å². The highest BCUT2D eigenvalue weighted by Crippen LogP contribution is 1.93. The summed E-state index contributed by atoms with van der Waals surface area (Å²) in [5.41, 5.74) is 0.994. The zero-order valence-electron chi connectivity index (χ0n) is 10.3. The highest BCUT2D eigenvalue weighted by molar-refractivity contribution is 4.90. The molecule has 0 aliphatic heterocycles. The summed E-state index contributed by atoms with van der Waals surface area (Å²) in [5, 5.41) is 7.96. The van der Waals surface area contributed by atoms with E-state index in [1.54, 1.807) is 10.8 Å². The number of rotatable bonds is 9. The fourth-order valence-electron chi connectivity index (χ4n) is 1.11. The van der Waals surface area contributed by atoms with E-state index in [1.165, 1.54) is 6.26 Å². The predicted octanol–water partition coefficient (Wildman–Crippen LogP) is 1.34. The Morgan fingerprint density at radius 1 is 1.35 bits per heavy atom. The average Bonchev–Trinajstić information content (AvgIpc) is 2.80. The van der Waals surface area contributed by atoms with Gasteiger partial charge in [0.2, 0.25) is 0 Å². The third-order valence-corrected chi connectivity index (χ3v) is 1.98. The molecule has 6 nitrogen and oxygen atoms in total. The van der Waals surface area contributed by atoms with Gasteiger partial charge in [-0.1, -0.05) is 12.1 Å². The molecule has 0 radical (unpaired) electrons. The molecule has 0 aromatic carbocycles. The van der Waals surface area contributed by atoms with Gasteiger partial charge in [0.05, 0.1) is 25.5 Å². The summed E-state index contributed by atoms with van der Waals surface area (Å²) < 4.78 is 7.12. The van der Waals surface area contributed by atoms with Gasteiger partial charge in [0, 0.05) is 6.20 Å². The molecule has 0 atom stereocenters. The smallest absolute Gasteiger partial charge is 0.125 e. The number of ether oxygens (including phenoxy) is 1. The minimum Gasteiger partial charge on any atom is -0.377 e. The van der Waals surface area contributed by atoms with Crippen LogP contribution in [0.2, 0.25) is 0 Å². The molecule has 0 saturated heterocycles. The van der Waals surface area contributed by atoms with E-state index in [1.807, 2.05) is 20.0 Å². The fraction of sp³-hybridized carbons (Fsp3) is 0.636. The van der Waals surface area contributed by atoms with Crippen LogP contribution < -0.4 is 0 Å². The summed E-state index contributed by atoms with van der Waals surface area (Å²) >= 11 is 0. The maximum atomic E-state index is 5.34. The molecular formula is C11H19N3O3. The number of hydrogen-bond acceptors (Lipinski definition) is 5. The summed E-state index contributed by atoms with van der Waals surface area (Å²) in [6.07, 6.45) is 6.05. The van der Waals surface area contributed by atoms with Crippen molar-refractivity contribution in [3.8, 4) is 0 Å². The average molecular weight is 241 g/mol. The maximum Gasteiger partial charge on any atom is 0.125 e. The van der Waals surface area contributed by atoms with Crippen LogP contribution >= 0.6 is 0 Å². The molecule has 1 aromatic rings. The van der Waals surface area contributed by atoms with E-state index < -0.39 is 0 Å². The lowest BCUT2D eigenvalue weighted by molar-refractivity contribution is -0.255. The molecule has 1 rings (SSSR count). The normalized spacial score (nSPS) is 11.2. The van der Waals surface area contributed by atoms with Gasteiger partial charge in [-0.2, -0.15) is 4.89 Å². The molecule has 1 heterocycles. The van der Waals surface area contributed by atoms with Crippen LogP contribution in [-0.2, 0) is 27.5 Å². The summed E-state index contributed by atoms with van der Waals surface area (Å²) in [6.45, 7) is 6.08. The van der Waals surface area contributed by atoms with Crippen molar-refractivity contribution in [1.29, 1.82) is 0 Å². The molecule has 0 amide bonds. The highest BCUT2D eigenvalue weighted by atomic mass is 17.2. The van der Waals surface area contributed by atoms with Crippen molar-refractivity contribution in [2.24, 2.45) is 0 Å². The van der Waals surface area contributed by atoms with E-state index in [-0.39, 0.29) is 0 Å². The number of aromatic nitrogens is 3. The Hall–Kier alpha value is -1.40. The van der Waals surface area contributed by atoms with Crippen molar-refractivity contribution in [3.63, 3.8) is 0 Å². The van der Waals surface area contributed by atoms with Crippen LogP contribution in [0.15, 0.2) is 18.5 Å². The lowest BCUT2D eigenvalue weighted by atomic mass is 10.4. The Morgan fingerprint density at radius 2 is 2.24 bits per heavy atom. The first kappa shape index (κ1) is 13.7. The summed E-state index contributed by atoms with van der Waals surface area (Å²) in [7, 11) is 0. The van der Waals surface area contributed by atoms with Crippen molar-refractivity contribution >= 4 is 0 Å². The van der Waals surface area contributed by atoms with E-state index in [0.717, 1.165) is 12.1 Å². The molecule has 0 saturated carbocycles. The van der Waals surface area contributed by atoms with E-state index in [9.17, 15) is 0 Å². The molecule has 0 N–H and O–H groups in total. The summed E-state index contributed by atoms with van der Waals surface area (Å²) in [6, 6.07) is 0. The highest BCUT2D eigenvalue weighted by Gasteiger charge is 1.97. The van der Waals surface area contributed by atoms with Gasteiger partial charge in [-0.05, 0) is 19.4 Å². The zero-order chi connectivity index (χ0) is 12.3. The Kier molecular flexibility index (Phi) is 7.01. The zero-order valence-corrected chi connectivity index (χ0v) is 10.3. The Morgan fingerprint density at radius 3 is 2.94 bits per heavy atom. The number of aryl methyl sites for hydroxylation is 1. The molecule has 1 aromatic heterocycles. The molecule has 17 heavy (non-hydrogen) atoms. The molecule has 0 unspecified atom stereocenters. The molecule has 96 valence electrons.